The Morgan fingerprint density at radius 1 is 0.215 bits per heavy atom. The zero-order chi connectivity index (χ0) is 107. The number of benzene rings is 10. The van der Waals surface area contributed by atoms with E-state index in [4.69, 9.17) is 4.24 Å². The quantitative estimate of drug-likeness (QED) is 0.103. The first-order valence-corrected chi connectivity index (χ1v) is 54.2. The minimum Gasteiger partial charge on any atom is -0.367 e. The molecule has 3 aliphatic carbocycles. The van der Waals surface area contributed by atoms with Crippen LogP contribution < -0.4 is 60.0 Å². The highest BCUT2D eigenvalue weighted by molar-refractivity contribution is 5.78. The standard InChI is InChI=1S/C27H36N2.C26H34N2.C22H28N2.C21H26N2.C20H30N2.C16H24N2/c1-20-14-12-13-19-24(20)28-21(2)25(22-15-8-6-9-16-22)29(26(28)27(3,4)5)23-17-10-7-11-18-23;1-19-13-9-12-18-23(19)27-20(2)24(21-14-10-11-15-21)28(25(27)26(3,4)5)22-16-7-6-8-17-22;1-16-12-10-11-15-20(16)24-18(3)17(2)23(21(24)22(4,5)6)19-13-8-7-9-14-19;1-15-11-9-10-14-18(15)23-16(2)19(17-12-7-6-8-13-17)22-20(23)21(3,4)5;1-14-10-6-9-13-17(14)22-15(2)18(16-11-7-8-12-16)21-19(22)20(3,4)5;1-11-9-7-8-10-14(11)18-13(3)12(2)17-15(18)16(4,5)6/h7,10-14,17-19,22,26H,6,8-9,15-16H2,1-5H3;6-9,12-13,16-18,21,25H,10-11,14-15H2,1-5H3;7-15,21H,1-6H3;6-14,20,22H,1-5H3;6,9-10,13,16,19,21H,7-8,11-12H2,1-5H3;7-10,15,17H,1-6H3/i/hD3. The highest BCUT2D eigenvalue weighted by Crippen LogP contribution is 2.54. The summed E-state index contributed by atoms with van der Waals surface area (Å²) in [5.74, 6) is 1.88. The third kappa shape index (κ3) is 23.5. The van der Waals surface area contributed by atoms with Crippen molar-refractivity contribution in [1.82, 2.24) is 15.9 Å². The smallest absolute Gasteiger partial charge is 0.162 e. The molecule has 144 heavy (non-hydrogen) atoms. The molecule has 9 aliphatic rings. The van der Waals surface area contributed by atoms with Crippen molar-refractivity contribution in [2.24, 2.45) is 50.2 Å². The molecule has 3 saturated carbocycles. The van der Waals surface area contributed by atoms with Crippen LogP contribution in [0.1, 0.15) is 302 Å². The van der Waals surface area contributed by atoms with E-state index in [0.29, 0.717) is 17.8 Å². The van der Waals surface area contributed by atoms with Gasteiger partial charge in [-0.15, -0.1) is 0 Å². The van der Waals surface area contributed by atoms with Gasteiger partial charge < -0.3 is 60.0 Å². The molecule has 12 nitrogen and oxygen atoms in total. The van der Waals surface area contributed by atoms with Gasteiger partial charge in [0.1, 0.15) is 37.0 Å². The molecule has 0 aromatic heterocycles. The van der Waals surface area contributed by atoms with Crippen molar-refractivity contribution < 1.29 is 4.24 Å². The third-order valence-corrected chi connectivity index (χ3v) is 31.1. The number of hydrogen-bond donors (Lipinski definition) is 3. The highest BCUT2D eigenvalue weighted by atomic mass is 15.5. The van der Waals surface area contributed by atoms with Crippen molar-refractivity contribution >= 4 is 56.9 Å². The van der Waals surface area contributed by atoms with Gasteiger partial charge in [0, 0.05) is 164 Å². The monoisotopic (exact) mass is 1930 g/mol. The van der Waals surface area contributed by atoms with E-state index in [2.05, 4.69) is 507 Å². The predicted octanol–water partition coefficient (Wildman–Crippen LogP) is 35.0. The molecule has 0 amide bonds. The number of hydrogen-bond acceptors (Lipinski definition) is 12. The van der Waals surface area contributed by atoms with Crippen LogP contribution in [0.3, 0.4) is 0 Å². The third-order valence-electron chi connectivity index (χ3n) is 31.1. The summed E-state index contributed by atoms with van der Waals surface area (Å²) in [5.41, 5.74) is 36.1. The lowest BCUT2D eigenvalue weighted by atomic mass is 9.85. The van der Waals surface area contributed by atoms with Crippen LogP contribution >= 0.6 is 0 Å². The largest absolute Gasteiger partial charge is 0.367 e. The maximum Gasteiger partial charge on any atom is 0.162 e. The molecule has 6 aliphatic heterocycles. The van der Waals surface area contributed by atoms with E-state index < -0.39 is 0 Å². The van der Waals surface area contributed by atoms with Crippen LogP contribution in [0.2, 0.25) is 4.24 Å². The Bertz CT molecular complexity index is 6330. The first-order chi connectivity index (χ1) is 69.5. The fraction of sp³-hybridized carbons (Fsp3) is 0.455. The Morgan fingerprint density at radius 2 is 0.458 bits per heavy atom. The van der Waals surface area contributed by atoms with Crippen LogP contribution in [-0.2, 0) is 0 Å². The van der Waals surface area contributed by atoms with E-state index in [1.807, 2.05) is 30.4 Å². The molecule has 12 heteroatoms. The molecule has 0 spiro atoms. The van der Waals surface area contributed by atoms with E-state index in [1.54, 1.807) is 22.0 Å². The van der Waals surface area contributed by atoms with Crippen molar-refractivity contribution in [2.45, 2.75) is 342 Å². The Hall–Kier alpha value is -11.8. The fourth-order valence-electron chi connectivity index (χ4n) is 23.8. The Balaban J connectivity index is 0.000000140. The Kier molecular flexibility index (Phi) is 32.4. The normalized spacial score (nSPS) is 21.0. The first-order valence-electron chi connectivity index (χ1n) is 55.5. The van der Waals surface area contributed by atoms with E-state index in [0.717, 1.165) is 22.7 Å². The molecular formula is C132H178N12. The van der Waals surface area contributed by atoms with Gasteiger partial charge in [0.05, 0.1) is 5.70 Å². The summed E-state index contributed by atoms with van der Waals surface area (Å²) in [5, 5.41) is 5.18. The van der Waals surface area contributed by atoms with Crippen LogP contribution in [0.4, 0.5) is 51.2 Å². The van der Waals surface area contributed by atoms with Crippen LogP contribution in [0, 0.1) is 91.8 Å². The summed E-state index contributed by atoms with van der Waals surface area (Å²) in [4.78, 5) is 22.6. The van der Waals surface area contributed by atoms with E-state index in [9.17, 15) is 0 Å². The number of nitrogens with one attached hydrogen (secondary N) is 3. The summed E-state index contributed by atoms with van der Waals surface area (Å²) in [6.07, 6.45) is 18.0. The van der Waals surface area contributed by atoms with Gasteiger partial charge in [-0.25, -0.2) is 0 Å². The zero-order valence-electron chi connectivity index (χ0n) is 97.2. The van der Waals surface area contributed by atoms with Gasteiger partial charge >= 0.3 is 0 Å². The second-order valence-corrected chi connectivity index (χ2v) is 48.7. The predicted molar refractivity (Wildman–Crippen MR) is 622 cm³/mol. The lowest BCUT2D eigenvalue weighted by Crippen LogP contribution is -2.50. The van der Waals surface area contributed by atoms with Crippen molar-refractivity contribution in [3.63, 3.8) is 0 Å². The molecule has 19 rings (SSSR count). The summed E-state index contributed by atoms with van der Waals surface area (Å²) in [6, 6.07) is 94.9. The molecule has 0 radical (unpaired) electrons. The molecule has 0 bridgehead atoms. The lowest BCUT2D eigenvalue weighted by molar-refractivity contribution is 0.292. The maximum absolute atomic E-state index is 8.88. The summed E-state index contributed by atoms with van der Waals surface area (Å²) >= 11 is 0. The minimum absolute atomic E-state index is 0.00303. The number of rotatable bonds is 13. The average molecular weight is 1940 g/mol. The Labute approximate surface area is 876 Å². The fourth-order valence-corrected chi connectivity index (χ4v) is 23.8. The molecule has 6 unspecified atom stereocenters. The molecule has 10 aromatic rings. The lowest BCUT2D eigenvalue weighted by Gasteiger charge is -2.44. The number of allylic oxidation sites excluding steroid dienone is 11. The summed E-state index contributed by atoms with van der Waals surface area (Å²) < 4.78 is 26.1. The second kappa shape index (κ2) is 45.1. The van der Waals surface area contributed by atoms with Crippen LogP contribution in [-0.4, -0.2) is 37.0 Å². The minimum atomic E-state index is -0.0676. The number of para-hydroxylation sites is 9. The van der Waals surface area contributed by atoms with Crippen LogP contribution in [0.25, 0.3) is 5.70 Å². The summed E-state index contributed by atoms with van der Waals surface area (Å²) in [6.45, 7) is 71.9. The van der Waals surface area contributed by atoms with Gasteiger partial charge in [-0.05, 0) is 247 Å². The van der Waals surface area contributed by atoms with Crippen molar-refractivity contribution in [3.05, 3.63) is 369 Å². The molecule has 3 fully saturated rings. The number of nitrogens with zero attached hydrogens (tertiary/aromatic N) is 9. The molecule has 766 valence electrons. The molecule has 0 saturated heterocycles. The van der Waals surface area contributed by atoms with Crippen molar-refractivity contribution in [2.75, 3.05) is 44.1 Å². The molecule has 3 N–H and O–H groups in total. The van der Waals surface area contributed by atoms with Gasteiger partial charge in [-0.2, -0.15) is 0 Å². The van der Waals surface area contributed by atoms with E-state index in [1.165, 1.54) is 208 Å². The average Bonchev–Trinajstić information content (AvgIpc) is 1.57. The maximum atomic E-state index is 8.88. The topological polar surface area (TPSA) is 65.3 Å². The van der Waals surface area contributed by atoms with Gasteiger partial charge in [0.25, 0.3) is 0 Å². The van der Waals surface area contributed by atoms with Gasteiger partial charge in [0.15, 0.2) is 4.24 Å². The van der Waals surface area contributed by atoms with Gasteiger partial charge in [-0.3, -0.25) is 0 Å². The van der Waals surface area contributed by atoms with Crippen LogP contribution in [0.15, 0.2) is 330 Å². The molecule has 10 aromatic carbocycles. The van der Waals surface area contributed by atoms with Crippen LogP contribution in [0.5, 0.6) is 0 Å². The SMILES string of the molecule is CC1=C(C)N(c2ccccc2C)C(C(C)(C)C)N1c1ccccc1.CC1=C(C2CCCC2)N(c2ccccc2)C(C(C)(C)C)N1c1ccccc1C.CC1=C(C2CCCCC2)N(c2ccccc2)C(C(C)(C)C)N1c1ccccc1C.[2H]N1C(C)=C(C)N(c2ccccc2C)C1C(C)(C)C.[2H]N1C(C2CCCC2)=C(C)N(c2ccccc2C)C1C(C)(C)C.[2H]N1C(c2ccccc2)=C(C)N(c2ccccc2C)C1C(C)(C)C. The van der Waals surface area contributed by atoms with Crippen molar-refractivity contribution in [1.29, 1.82) is 0 Å². The zero-order valence-corrected chi connectivity index (χ0v) is 94.2. The summed E-state index contributed by atoms with van der Waals surface area (Å²) in [7, 11) is 0. The molecular weight excluding hydrogens is 1750 g/mol. The Morgan fingerprint density at radius 3 is 0.778 bits per heavy atom. The first kappa shape index (κ1) is 104. The van der Waals surface area contributed by atoms with E-state index in [-0.39, 0.29) is 69.5 Å². The number of aryl methyl sites for hydroxylation is 6. The number of anilines is 9. The van der Waals surface area contributed by atoms with E-state index >= 15 is 0 Å². The second-order valence-electron chi connectivity index (χ2n) is 48.7. The molecule has 6 heterocycles. The van der Waals surface area contributed by atoms with Gasteiger partial charge in [-0.1, -0.05) is 364 Å². The van der Waals surface area contributed by atoms with Gasteiger partial charge in [0.2, 0.25) is 0 Å². The molecule has 6 atom stereocenters. The van der Waals surface area contributed by atoms with Crippen molar-refractivity contribution in [3.8, 4) is 0 Å². The highest BCUT2D eigenvalue weighted by Gasteiger charge is 2.51.